The van der Waals surface area contributed by atoms with Crippen LogP contribution in [0.3, 0.4) is 0 Å². The summed E-state index contributed by atoms with van der Waals surface area (Å²) in [5.74, 6) is -2.44. The maximum atomic E-state index is 13.2. The summed E-state index contributed by atoms with van der Waals surface area (Å²) in [5.41, 5.74) is 4.31. The number of anilines is 1. The van der Waals surface area contributed by atoms with Crippen LogP contribution in [0.1, 0.15) is 6.92 Å². The Bertz CT molecular complexity index is 431. The van der Waals surface area contributed by atoms with Gasteiger partial charge in [0.1, 0.15) is 23.4 Å². The third-order valence-electron chi connectivity index (χ3n) is 1.96. The number of halogens is 2. The Balaban J connectivity index is 2.77. The van der Waals surface area contributed by atoms with Crippen molar-refractivity contribution >= 4 is 17.6 Å². The quantitative estimate of drug-likeness (QED) is 0.739. The van der Waals surface area contributed by atoms with Gasteiger partial charge in [-0.2, -0.15) is 0 Å². The lowest BCUT2D eigenvalue weighted by atomic mass is 10.2. The van der Waals surface area contributed by atoms with Gasteiger partial charge in [0.25, 0.3) is 0 Å². The molecule has 4 N–H and O–H groups in total. The van der Waals surface area contributed by atoms with Crippen molar-refractivity contribution in [1.29, 1.82) is 0 Å². The lowest BCUT2D eigenvalue weighted by Crippen LogP contribution is -2.43. The van der Waals surface area contributed by atoms with E-state index in [1.165, 1.54) is 13.0 Å². The van der Waals surface area contributed by atoms with E-state index >= 15 is 0 Å². The monoisotopic (exact) mass is 243 g/mol. The Kier molecular flexibility index (Phi) is 3.97. The number of amides is 3. The summed E-state index contributed by atoms with van der Waals surface area (Å²) < 4.78 is 26.4. The molecule has 0 spiro atoms. The number of hydrogen-bond donors (Lipinski definition) is 3. The second-order valence-corrected chi connectivity index (χ2v) is 3.32. The number of rotatable bonds is 3. The van der Waals surface area contributed by atoms with Gasteiger partial charge in [-0.25, -0.2) is 13.6 Å². The molecule has 0 aliphatic heterocycles. The highest BCUT2D eigenvalue weighted by Crippen LogP contribution is 2.18. The van der Waals surface area contributed by atoms with Crippen molar-refractivity contribution in [2.45, 2.75) is 13.0 Å². The van der Waals surface area contributed by atoms with Crippen molar-refractivity contribution in [3.8, 4) is 0 Å². The van der Waals surface area contributed by atoms with Gasteiger partial charge in [0.2, 0.25) is 5.91 Å². The van der Waals surface area contributed by atoms with E-state index in [4.69, 9.17) is 5.73 Å². The van der Waals surface area contributed by atoms with Gasteiger partial charge < -0.3 is 11.1 Å². The summed E-state index contributed by atoms with van der Waals surface area (Å²) in [6.45, 7) is 1.34. The molecule has 17 heavy (non-hydrogen) atoms. The molecule has 0 heterocycles. The van der Waals surface area contributed by atoms with Crippen LogP contribution in [0.15, 0.2) is 18.2 Å². The van der Waals surface area contributed by atoms with Crippen LogP contribution in [0, 0.1) is 11.6 Å². The van der Waals surface area contributed by atoms with Gasteiger partial charge in [0, 0.05) is 0 Å². The van der Waals surface area contributed by atoms with Gasteiger partial charge in [0.05, 0.1) is 0 Å². The summed E-state index contributed by atoms with van der Waals surface area (Å²) >= 11 is 0. The molecule has 5 nitrogen and oxygen atoms in total. The van der Waals surface area contributed by atoms with Gasteiger partial charge in [-0.3, -0.25) is 10.1 Å². The van der Waals surface area contributed by atoms with Gasteiger partial charge in [0.15, 0.2) is 0 Å². The minimum absolute atomic E-state index is 0.431. The number of urea groups is 1. The molecule has 0 aliphatic rings. The van der Waals surface area contributed by atoms with Gasteiger partial charge in [-0.1, -0.05) is 6.07 Å². The Morgan fingerprint density at radius 2 is 1.82 bits per heavy atom. The highest BCUT2D eigenvalue weighted by atomic mass is 19.1. The zero-order valence-electron chi connectivity index (χ0n) is 8.96. The third kappa shape index (κ3) is 3.40. The van der Waals surface area contributed by atoms with Crippen molar-refractivity contribution in [2.24, 2.45) is 5.73 Å². The molecule has 0 bridgehead atoms. The SMILES string of the molecule is CC(Nc1c(F)cccc1F)C(=O)NC(N)=O. The number of imide groups is 1. The molecule has 3 amide bonds. The van der Waals surface area contributed by atoms with E-state index in [0.29, 0.717) is 0 Å². The maximum absolute atomic E-state index is 13.2. The van der Waals surface area contributed by atoms with E-state index in [-0.39, 0.29) is 0 Å². The molecule has 1 rings (SSSR count). The molecule has 0 fully saturated rings. The average molecular weight is 243 g/mol. The van der Waals surface area contributed by atoms with E-state index in [1.807, 2.05) is 0 Å². The maximum Gasteiger partial charge on any atom is 0.318 e. The highest BCUT2D eigenvalue weighted by Gasteiger charge is 2.17. The molecular formula is C10H11F2N3O2. The Morgan fingerprint density at radius 1 is 1.29 bits per heavy atom. The van der Waals surface area contributed by atoms with Gasteiger partial charge >= 0.3 is 6.03 Å². The van der Waals surface area contributed by atoms with Crippen LogP contribution >= 0.6 is 0 Å². The van der Waals surface area contributed by atoms with Crippen molar-refractivity contribution in [2.75, 3.05) is 5.32 Å². The molecule has 1 aromatic rings. The third-order valence-corrected chi connectivity index (χ3v) is 1.96. The van der Waals surface area contributed by atoms with Crippen molar-refractivity contribution in [3.05, 3.63) is 29.8 Å². The second kappa shape index (κ2) is 5.24. The van der Waals surface area contributed by atoms with Crippen LogP contribution in [-0.2, 0) is 4.79 Å². The standard InChI is InChI=1S/C10H11F2N3O2/c1-5(9(16)15-10(13)17)14-8-6(11)3-2-4-7(8)12/h2-5,14H,1H3,(H3,13,15,16,17). The molecule has 7 heteroatoms. The number of para-hydroxylation sites is 1. The second-order valence-electron chi connectivity index (χ2n) is 3.32. The number of carbonyl (C=O) groups excluding carboxylic acids is 2. The van der Waals surface area contributed by atoms with Crippen LogP contribution in [0.25, 0.3) is 0 Å². The Morgan fingerprint density at radius 3 is 2.29 bits per heavy atom. The fourth-order valence-electron chi connectivity index (χ4n) is 1.15. The number of nitrogens with two attached hydrogens (primary N) is 1. The topological polar surface area (TPSA) is 84.2 Å². The summed E-state index contributed by atoms with van der Waals surface area (Å²) in [5, 5.41) is 4.11. The molecule has 0 radical (unpaired) electrons. The molecule has 0 aliphatic carbocycles. The zero-order chi connectivity index (χ0) is 13.0. The Hall–Kier alpha value is -2.18. The van der Waals surface area contributed by atoms with E-state index in [9.17, 15) is 18.4 Å². The zero-order valence-corrected chi connectivity index (χ0v) is 8.96. The van der Waals surface area contributed by atoms with E-state index in [0.717, 1.165) is 12.1 Å². The van der Waals surface area contributed by atoms with Crippen molar-refractivity contribution < 1.29 is 18.4 Å². The minimum atomic E-state index is -1.03. The fourth-order valence-corrected chi connectivity index (χ4v) is 1.15. The molecule has 92 valence electrons. The van der Waals surface area contributed by atoms with Crippen LogP contribution in [0.4, 0.5) is 19.3 Å². The molecule has 0 saturated carbocycles. The van der Waals surface area contributed by atoms with Crippen LogP contribution in [0.2, 0.25) is 0 Å². The first-order valence-corrected chi connectivity index (χ1v) is 4.72. The first-order chi connectivity index (χ1) is 7.91. The molecular weight excluding hydrogens is 232 g/mol. The van der Waals surface area contributed by atoms with Gasteiger partial charge in [-0.05, 0) is 19.1 Å². The molecule has 0 aromatic heterocycles. The number of primary amides is 1. The lowest BCUT2D eigenvalue weighted by molar-refractivity contribution is -0.120. The molecule has 0 saturated heterocycles. The fraction of sp³-hybridized carbons (Fsp3) is 0.200. The molecule has 1 atom stereocenters. The van der Waals surface area contributed by atoms with E-state index in [2.05, 4.69) is 5.32 Å². The lowest BCUT2D eigenvalue weighted by Gasteiger charge is -2.14. The predicted molar refractivity (Wildman–Crippen MR) is 57.2 cm³/mol. The van der Waals surface area contributed by atoms with Crippen LogP contribution in [0.5, 0.6) is 0 Å². The number of carbonyl (C=O) groups is 2. The minimum Gasteiger partial charge on any atom is -0.369 e. The normalized spacial score (nSPS) is 11.7. The first-order valence-electron chi connectivity index (χ1n) is 4.72. The average Bonchev–Trinajstić information content (AvgIpc) is 2.22. The smallest absolute Gasteiger partial charge is 0.318 e. The summed E-state index contributed by atoms with van der Waals surface area (Å²) in [6, 6.07) is 1.25. The number of benzene rings is 1. The van der Waals surface area contributed by atoms with Crippen molar-refractivity contribution in [1.82, 2.24) is 5.32 Å². The summed E-state index contributed by atoms with van der Waals surface area (Å²) in [6.07, 6.45) is 0. The van der Waals surface area contributed by atoms with Crippen molar-refractivity contribution in [3.63, 3.8) is 0 Å². The highest BCUT2D eigenvalue weighted by molar-refractivity contribution is 5.97. The first kappa shape index (κ1) is 12.9. The number of nitrogens with one attached hydrogen (secondary N) is 2. The largest absolute Gasteiger partial charge is 0.369 e. The van der Waals surface area contributed by atoms with Crippen LogP contribution in [-0.4, -0.2) is 18.0 Å². The molecule has 1 aromatic carbocycles. The van der Waals surface area contributed by atoms with Crippen LogP contribution < -0.4 is 16.4 Å². The Labute approximate surface area is 96.0 Å². The van der Waals surface area contributed by atoms with E-state index in [1.54, 1.807) is 5.32 Å². The number of hydrogen-bond acceptors (Lipinski definition) is 3. The summed E-state index contributed by atoms with van der Waals surface area (Å²) in [4.78, 5) is 21.7. The predicted octanol–water partition coefficient (Wildman–Crippen LogP) is 0.960. The van der Waals surface area contributed by atoms with Gasteiger partial charge in [-0.15, -0.1) is 0 Å². The summed E-state index contributed by atoms with van der Waals surface area (Å²) in [7, 11) is 0. The molecule has 1 unspecified atom stereocenters. The van der Waals surface area contributed by atoms with E-state index < -0.39 is 35.3 Å².